The largest absolute Gasteiger partial charge is 0.465 e. The Morgan fingerprint density at radius 3 is 2.35 bits per heavy atom. The van der Waals surface area contributed by atoms with Gasteiger partial charge in [-0.3, -0.25) is 0 Å². The Bertz CT molecular complexity index is 539. The van der Waals surface area contributed by atoms with Crippen molar-refractivity contribution < 1.29 is 27.2 Å². The number of benzene rings is 1. The molecule has 2 rings (SSSR count). The van der Waals surface area contributed by atoms with Crippen LogP contribution in [0.5, 0.6) is 0 Å². The summed E-state index contributed by atoms with van der Waals surface area (Å²) >= 11 is 0. The maximum Gasteiger partial charge on any atom is 0.435 e. The molecule has 1 aliphatic heterocycles. The Morgan fingerprint density at radius 1 is 1.30 bits per heavy atom. The Balaban J connectivity index is 2.17. The number of methoxy groups -OCH3 is 1. The van der Waals surface area contributed by atoms with Gasteiger partial charge in [-0.1, -0.05) is 16.6 Å². The van der Waals surface area contributed by atoms with Crippen molar-refractivity contribution in [3.05, 3.63) is 47.3 Å². The summed E-state index contributed by atoms with van der Waals surface area (Å²) in [5, 5.41) is 1.90. The van der Waals surface area contributed by atoms with E-state index in [1.165, 1.54) is 31.4 Å². The third kappa shape index (κ3) is 2.54. The van der Waals surface area contributed by atoms with E-state index >= 15 is 0 Å². The van der Waals surface area contributed by atoms with Crippen LogP contribution in [0.1, 0.15) is 22.1 Å². The lowest BCUT2D eigenvalue weighted by molar-refractivity contribution is -0.139. The van der Waals surface area contributed by atoms with Crippen molar-refractivity contribution in [1.29, 1.82) is 0 Å². The molecule has 1 atom stereocenters. The molecule has 0 aliphatic carbocycles. The van der Waals surface area contributed by atoms with Crippen LogP contribution in [0.3, 0.4) is 0 Å². The third-order valence-electron chi connectivity index (χ3n) is 2.77. The summed E-state index contributed by atoms with van der Waals surface area (Å²) in [6, 6.07) is 5.40. The third-order valence-corrected chi connectivity index (χ3v) is 2.77. The highest BCUT2D eigenvalue weighted by Crippen LogP contribution is 2.37. The van der Waals surface area contributed by atoms with Gasteiger partial charge < -0.3 is 10.1 Å². The van der Waals surface area contributed by atoms with Crippen LogP contribution in [-0.4, -0.2) is 24.4 Å². The first-order chi connectivity index (χ1) is 9.34. The number of ether oxygens (including phenoxy) is 1. The van der Waals surface area contributed by atoms with Crippen LogP contribution in [0.25, 0.3) is 0 Å². The topological polar surface area (TPSA) is 41.6 Å². The molecule has 1 N–H and O–H groups in total. The van der Waals surface area contributed by atoms with Crippen LogP contribution in [-0.2, 0) is 4.74 Å². The number of hydrogen-bond acceptors (Lipinski definition) is 4. The minimum Gasteiger partial charge on any atom is -0.465 e. The molecule has 1 aromatic carbocycles. The Labute approximate surface area is 111 Å². The molecule has 1 aromatic rings. The first-order valence-corrected chi connectivity index (χ1v) is 5.51. The van der Waals surface area contributed by atoms with Crippen molar-refractivity contribution in [2.75, 3.05) is 7.11 Å². The zero-order valence-electron chi connectivity index (χ0n) is 10.2. The fourth-order valence-corrected chi connectivity index (χ4v) is 1.77. The quantitative estimate of drug-likeness (QED) is 0.516. The number of alkyl halides is 3. The van der Waals surface area contributed by atoms with Gasteiger partial charge in [-0.25, -0.2) is 4.79 Å². The van der Waals surface area contributed by atoms with E-state index in [-0.39, 0.29) is 11.1 Å². The maximum atomic E-state index is 13.7. The normalized spacial score (nSPS) is 18.6. The average Bonchev–Trinajstić information content (AvgIpc) is 2.80. The number of rotatable bonds is 2. The molecular formula is C12H10F4N2O2. The number of nitrogens with zero attached hydrogens (tertiary/aromatic N) is 1. The molecule has 1 unspecified atom stereocenters. The minimum atomic E-state index is -4.78. The molecule has 0 spiro atoms. The second kappa shape index (κ2) is 5.03. The second-order valence-corrected chi connectivity index (χ2v) is 4.02. The van der Waals surface area contributed by atoms with Crippen molar-refractivity contribution in [1.82, 2.24) is 10.4 Å². The Kier molecular flexibility index (Phi) is 3.56. The molecular weight excluding hydrogens is 280 g/mol. The first kappa shape index (κ1) is 14.2. The molecule has 1 aliphatic rings. The molecule has 1 heterocycles. The Morgan fingerprint density at radius 2 is 1.90 bits per heavy atom. The summed E-state index contributed by atoms with van der Waals surface area (Å²) in [5.41, 5.74) is -0.932. The van der Waals surface area contributed by atoms with Gasteiger partial charge in [0.15, 0.2) is 11.9 Å². The summed E-state index contributed by atoms with van der Waals surface area (Å²) in [5.74, 6) is -0.581. The van der Waals surface area contributed by atoms with Gasteiger partial charge in [-0.15, -0.1) is 0 Å². The van der Waals surface area contributed by atoms with E-state index in [2.05, 4.69) is 10.1 Å². The van der Waals surface area contributed by atoms with Crippen molar-refractivity contribution >= 4 is 5.97 Å². The van der Waals surface area contributed by atoms with Crippen LogP contribution in [0.2, 0.25) is 0 Å². The zero-order chi connectivity index (χ0) is 14.9. The fraction of sp³-hybridized carbons (Fsp3) is 0.250. The number of esters is 1. The first-order valence-electron chi connectivity index (χ1n) is 5.51. The highest BCUT2D eigenvalue weighted by Gasteiger charge is 2.44. The smallest absolute Gasteiger partial charge is 0.435 e. The number of carbonyl (C=O) groups is 1. The van der Waals surface area contributed by atoms with Crippen LogP contribution in [0.4, 0.5) is 17.7 Å². The molecule has 0 fully saturated rings. The minimum absolute atomic E-state index is 0.226. The van der Waals surface area contributed by atoms with E-state index in [0.29, 0.717) is 6.20 Å². The average molecular weight is 290 g/mol. The van der Waals surface area contributed by atoms with Gasteiger partial charge in [-0.05, 0) is 17.7 Å². The van der Waals surface area contributed by atoms with Gasteiger partial charge in [0.2, 0.25) is 0 Å². The number of nitrogens with one attached hydrogen (secondary N) is 1. The summed E-state index contributed by atoms with van der Waals surface area (Å²) in [7, 11) is 1.21. The predicted molar refractivity (Wildman–Crippen MR) is 60.7 cm³/mol. The highest BCUT2D eigenvalue weighted by molar-refractivity contribution is 5.89. The predicted octanol–water partition coefficient (Wildman–Crippen LogP) is 2.67. The van der Waals surface area contributed by atoms with Crippen LogP contribution in [0, 0.1) is 0 Å². The monoisotopic (exact) mass is 290 g/mol. The molecule has 0 bridgehead atoms. The molecule has 0 saturated heterocycles. The van der Waals surface area contributed by atoms with Crippen LogP contribution < -0.4 is 5.32 Å². The van der Waals surface area contributed by atoms with Crippen LogP contribution >= 0.6 is 0 Å². The fourth-order valence-electron chi connectivity index (χ4n) is 1.77. The number of halogens is 4. The van der Waals surface area contributed by atoms with E-state index < -0.39 is 29.1 Å². The highest BCUT2D eigenvalue weighted by atomic mass is 19.4. The lowest BCUT2D eigenvalue weighted by Gasteiger charge is -2.21. The van der Waals surface area contributed by atoms with E-state index in [4.69, 9.17) is 0 Å². The molecule has 0 amide bonds. The van der Waals surface area contributed by atoms with Crippen molar-refractivity contribution in [3.63, 3.8) is 0 Å². The van der Waals surface area contributed by atoms with Gasteiger partial charge >= 0.3 is 12.1 Å². The lowest BCUT2D eigenvalue weighted by Crippen LogP contribution is -2.27. The number of hydrogen-bond donors (Lipinski definition) is 1. The van der Waals surface area contributed by atoms with Crippen molar-refractivity contribution in [2.45, 2.75) is 12.3 Å². The molecule has 20 heavy (non-hydrogen) atoms. The second-order valence-electron chi connectivity index (χ2n) is 4.02. The van der Waals surface area contributed by atoms with Gasteiger partial charge in [0.1, 0.15) is 0 Å². The molecule has 0 radical (unpaired) electrons. The molecule has 0 aromatic heterocycles. The summed E-state index contributed by atoms with van der Waals surface area (Å²) in [6.45, 7) is 0. The summed E-state index contributed by atoms with van der Waals surface area (Å²) < 4.78 is 55.5. The molecule has 108 valence electrons. The van der Waals surface area contributed by atoms with E-state index in [1.54, 1.807) is 0 Å². The van der Waals surface area contributed by atoms with Gasteiger partial charge in [0.05, 0.1) is 12.7 Å². The van der Waals surface area contributed by atoms with Gasteiger partial charge in [0, 0.05) is 6.20 Å². The standard InChI is InChI=1S/C12H10F4N2O2/c1-20-11(19)8-4-2-7(3-5-8)10-17-6-9(18(10)16)12(13,14)15/h2-6,10,17H,1H3. The Hall–Kier alpha value is -2.25. The van der Waals surface area contributed by atoms with E-state index in [1.807, 2.05) is 0 Å². The molecule has 0 saturated carbocycles. The number of carbonyl (C=O) groups excluding carboxylic acids is 1. The number of allylic oxidation sites excluding steroid dienone is 1. The molecule has 8 heteroatoms. The van der Waals surface area contributed by atoms with Crippen LogP contribution in [0.15, 0.2) is 36.2 Å². The lowest BCUT2D eigenvalue weighted by atomic mass is 10.1. The van der Waals surface area contributed by atoms with Gasteiger partial charge in [-0.2, -0.15) is 18.3 Å². The van der Waals surface area contributed by atoms with E-state index in [9.17, 15) is 22.4 Å². The van der Waals surface area contributed by atoms with Crippen molar-refractivity contribution in [3.8, 4) is 0 Å². The summed E-state index contributed by atoms with van der Waals surface area (Å²) in [6.07, 6.45) is -5.49. The zero-order valence-corrected chi connectivity index (χ0v) is 10.2. The van der Waals surface area contributed by atoms with Crippen molar-refractivity contribution in [2.24, 2.45) is 0 Å². The SMILES string of the molecule is COC(=O)c1ccc(C2NC=C(C(F)(F)F)N2F)cc1. The maximum absolute atomic E-state index is 13.7. The van der Waals surface area contributed by atoms with E-state index in [0.717, 1.165) is 0 Å². The molecule has 4 nitrogen and oxygen atoms in total. The van der Waals surface area contributed by atoms with Gasteiger partial charge in [0.25, 0.3) is 0 Å². The summed E-state index contributed by atoms with van der Waals surface area (Å²) in [4.78, 5) is 11.2.